The third kappa shape index (κ3) is 3.56. The summed E-state index contributed by atoms with van der Waals surface area (Å²) >= 11 is 0. The Hall–Kier alpha value is -0.870. The van der Waals surface area contributed by atoms with Gasteiger partial charge < -0.3 is 15.0 Å². The molecule has 1 fully saturated rings. The van der Waals surface area contributed by atoms with Gasteiger partial charge in [-0.2, -0.15) is 0 Å². The highest BCUT2D eigenvalue weighted by molar-refractivity contribution is 4.88. The molecular formula is C14H25N3O. The molecule has 1 heterocycles. The van der Waals surface area contributed by atoms with Gasteiger partial charge in [-0.25, -0.2) is 4.98 Å². The Morgan fingerprint density at radius 3 is 2.83 bits per heavy atom. The molecular weight excluding hydrogens is 226 g/mol. The number of aryl methyl sites for hydroxylation is 1. The van der Waals surface area contributed by atoms with Crippen molar-refractivity contribution in [2.24, 2.45) is 17.6 Å². The Bertz CT molecular complexity index is 351. The number of hydrogen-bond acceptors (Lipinski definition) is 3. The van der Waals surface area contributed by atoms with E-state index in [9.17, 15) is 0 Å². The zero-order valence-electron chi connectivity index (χ0n) is 11.3. The van der Waals surface area contributed by atoms with Crippen molar-refractivity contribution in [3.05, 3.63) is 18.2 Å². The first-order chi connectivity index (χ1) is 8.81. The smallest absolute Gasteiger partial charge is 0.105 e. The van der Waals surface area contributed by atoms with Gasteiger partial charge in [-0.1, -0.05) is 12.8 Å². The van der Waals surface area contributed by atoms with Crippen LogP contribution in [0.1, 0.15) is 31.5 Å². The van der Waals surface area contributed by atoms with E-state index in [0.29, 0.717) is 11.8 Å². The summed E-state index contributed by atoms with van der Waals surface area (Å²) in [5.41, 5.74) is 5.83. The molecule has 2 rings (SSSR count). The van der Waals surface area contributed by atoms with E-state index in [1.807, 2.05) is 19.3 Å². The van der Waals surface area contributed by atoms with Gasteiger partial charge in [0.05, 0.1) is 6.61 Å². The minimum Gasteiger partial charge on any atom is -0.379 e. The maximum atomic E-state index is 5.83. The minimum atomic E-state index is 0.674. The van der Waals surface area contributed by atoms with Crippen LogP contribution in [0.3, 0.4) is 0 Å². The summed E-state index contributed by atoms with van der Waals surface area (Å²) in [5, 5.41) is 0. The SMILES string of the molecule is Cc1nccn1CCOCC1CCCCC1CN. The molecule has 4 heteroatoms. The molecule has 0 spiro atoms. The predicted molar refractivity (Wildman–Crippen MR) is 72.3 cm³/mol. The summed E-state index contributed by atoms with van der Waals surface area (Å²) in [4.78, 5) is 4.20. The van der Waals surface area contributed by atoms with Crippen LogP contribution in [0.5, 0.6) is 0 Å². The summed E-state index contributed by atoms with van der Waals surface area (Å²) in [6.07, 6.45) is 9.08. The molecule has 1 aromatic rings. The lowest BCUT2D eigenvalue weighted by Crippen LogP contribution is -2.30. The summed E-state index contributed by atoms with van der Waals surface area (Å²) in [5.74, 6) is 2.40. The second kappa shape index (κ2) is 6.90. The lowest BCUT2D eigenvalue weighted by Gasteiger charge is -2.30. The van der Waals surface area contributed by atoms with E-state index in [1.54, 1.807) is 0 Å². The molecule has 1 aromatic heterocycles. The Labute approximate surface area is 110 Å². The number of imidazole rings is 1. The first-order valence-electron chi connectivity index (χ1n) is 7.07. The first kappa shape index (κ1) is 13.6. The van der Waals surface area contributed by atoms with Gasteiger partial charge in [-0.3, -0.25) is 0 Å². The van der Waals surface area contributed by atoms with E-state index in [4.69, 9.17) is 10.5 Å². The molecule has 0 aromatic carbocycles. The fourth-order valence-electron chi connectivity index (χ4n) is 2.85. The molecule has 0 radical (unpaired) electrons. The van der Waals surface area contributed by atoms with Gasteiger partial charge >= 0.3 is 0 Å². The second-order valence-corrected chi connectivity index (χ2v) is 5.28. The fourth-order valence-corrected chi connectivity index (χ4v) is 2.85. The molecule has 1 saturated carbocycles. The third-order valence-corrected chi connectivity index (χ3v) is 4.10. The van der Waals surface area contributed by atoms with E-state index >= 15 is 0 Å². The van der Waals surface area contributed by atoms with Crippen LogP contribution < -0.4 is 5.73 Å². The highest BCUT2D eigenvalue weighted by Gasteiger charge is 2.23. The zero-order valence-corrected chi connectivity index (χ0v) is 11.3. The third-order valence-electron chi connectivity index (χ3n) is 4.10. The monoisotopic (exact) mass is 251 g/mol. The number of nitrogens with two attached hydrogens (primary N) is 1. The van der Waals surface area contributed by atoms with Gasteiger partial charge in [-0.05, 0) is 38.1 Å². The van der Waals surface area contributed by atoms with Crippen LogP contribution in [0, 0.1) is 18.8 Å². The Kier molecular flexibility index (Phi) is 5.20. The maximum absolute atomic E-state index is 5.83. The van der Waals surface area contributed by atoms with E-state index < -0.39 is 0 Å². The number of hydrogen-bond donors (Lipinski definition) is 1. The van der Waals surface area contributed by atoms with E-state index in [1.165, 1.54) is 25.7 Å². The van der Waals surface area contributed by atoms with E-state index in [-0.39, 0.29) is 0 Å². The van der Waals surface area contributed by atoms with Crippen LogP contribution in [0.15, 0.2) is 12.4 Å². The highest BCUT2D eigenvalue weighted by Crippen LogP contribution is 2.29. The van der Waals surface area contributed by atoms with Gasteiger partial charge in [0.2, 0.25) is 0 Å². The summed E-state index contributed by atoms with van der Waals surface area (Å²) in [7, 11) is 0. The molecule has 4 nitrogen and oxygen atoms in total. The topological polar surface area (TPSA) is 53.1 Å². The second-order valence-electron chi connectivity index (χ2n) is 5.28. The standard InChI is InChI=1S/C14H25N3O/c1-12-16-6-7-17(12)8-9-18-11-14-5-3-2-4-13(14)10-15/h6-7,13-14H,2-5,8-11,15H2,1H3. The Morgan fingerprint density at radius 1 is 1.39 bits per heavy atom. The molecule has 2 N–H and O–H groups in total. The molecule has 0 saturated heterocycles. The number of ether oxygens (including phenoxy) is 1. The van der Waals surface area contributed by atoms with Gasteiger partial charge in [0.25, 0.3) is 0 Å². The maximum Gasteiger partial charge on any atom is 0.105 e. The number of nitrogens with zero attached hydrogens (tertiary/aromatic N) is 2. The number of rotatable bonds is 6. The van der Waals surface area contributed by atoms with Gasteiger partial charge in [0.1, 0.15) is 5.82 Å². The molecule has 0 aliphatic heterocycles. The molecule has 102 valence electrons. The molecule has 2 atom stereocenters. The van der Waals surface area contributed by atoms with E-state index in [2.05, 4.69) is 9.55 Å². The lowest BCUT2D eigenvalue weighted by molar-refractivity contribution is 0.0566. The van der Waals surface area contributed by atoms with Crippen LogP contribution in [0.2, 0.25) is 0 Å². The average molecular weight is 251 g/mol. The fraction of sp³-hybridized carbons (Fsp3) is 0.786. The van der Waals surface area contributed by atoms with Crippen molar-refractivity contribution in [1.29, 1.82) is 0 Å². The summed E-state index contributed by atoms with van der Waals surface area (Å²) in [6.45, 7) is 5.37. The molecule has 0 amide bonds. The van der Waals surface area contributed by atoms with Crippen LogP contribution in [0.25, 0.3) is 0 Å². The molecule has 1 aliphatic carbocycles. The van der Waals surface area contributed by atoms with Crippen molar-refractivity contribution in [3.63, 3.8) is 0 Å². The molecule has 2 unspecified atom stereocenters. The predicted octanol–water partition coefficient (Wildman–Crippen LogP) is 1.97. The van der Waals surface area contributed by atoms with Crippen LogP contribution in [0.4, 0.5) is 0 Å². The normalized spacial score (nSPS) is 24.3. The molecule has 0 bridgehead atoms. The van der Waals surface area contributed by atoms with Crippen molar-refractivity contribution in [3.8, 4) is 0 Å². The van der Waals surface area contributed by atoms with Crippen LogP contribution >= 0.6 is 0 Å². The average Bonchev–Trinajstić information content (AvgIpc) is 2.81. The van der Waals surface area contributed by atoms with Crippen molar-refractivity contribution in [1.82, 2.24) is 9.55 Å². The molecule has 18 heavy (non-hydrogen) atoms. The highest BCUT2D eigenvalue weighted by atomic mass is 16.5. The minimum absolute atomic E-state index is 0.674. The van der Waals surface area contributed by atoms with Crippen molar-refractivity contribution in [2.45, 2.75) is 39.2 Å². The van der Waals surface area contributed by atoms with Crippen LogP contribution in [-0.4, -0.2) is 29.3 Å². The zero-order chi connectivity index (χ0) is 12.8. The Morgan fingerprint density at radius 2 is 2.17 bits per heavy atom. The lowest BCUT2D eigenvalue weighted by atomic mass is 9.80. The first-order valence-corrected chi connectivity index (χ1v) is 7.07. The quantitative estimate of drug-likeness (QED) is 0.786. The van der Waals surface area contributed by atoms with Gasteiger partial charge in [-0.15, -0.1) is 0 Å². The summed E-state index contributed by atoms with van der Waals surface area (Å²) in [6, 6.07) is 0. The largest absolute Gasteiger partial charge is 0.379 e. The molecule has 1 aliphatic rings. The summed E-state index contributed by atoms with van der Waals surface area (Å²) < 4.78 is 7.96. The number of aromatic nitrogens is 2. The van der Waals surface area contributed by atoms with Crippen molar-refractivity contribution >= 4 is 0 Å². The van der Waals surface area contributed by atoms with Gasteiger partial charge in [0, 0.05) is 25.5 Å². The Balaban J connectivity index is 1.67. The van der Waals surface area contributed by atoms with Crippen molar-refractivity contribution < 1.29 is 4.74 Å². The van der Waals surface area contributed by atoms with Gasteiger partial charge in [0.15, 0.2) is 0 Å². The van der Waals surface area contributed by atoms with Crippen molar-refractivity contribution in [2.75, 3.05) is 19.8 Å². The van der Waals surface area contributed by atoms with E-state index in [0.717, 1.165) is 32.1 Å². The van der Waals surface area contributed by atoms with Crippen LogP contribution in [-0.2, 0) is 11.3 Å².